The predicted octanol–water partition coefficient (Wildman–Crippen LogP) is 2.32. The van der Waals surface area contributed by atoms with Gasteiger partial charge in [-0.2, -0.15) is 0 Å². The number of carbonyl (C=O) groups is 1. The van der Waals surface area contributed by atoms with E-state index in [1.54, 1.807) is 12.1 Å². The van der Waals surface area contributed by atoms with Crippen molar-refractivity contribution >= 4 is 5.78 Å². The zero-order valence-corrected chi connectivity index (χ0v) is 10.7. The fraction of sp³-hybridized carbons (Fsp3) is 0.400. The highest BCUT2D eigenvalue weighted by molar-refractivity contribution is 6.04. The highest BCUT2D eigenvalue weighted by Gasteiger charge is 2.37. The molecule has 1 aromatic rings. The van der Waals surface area contributed by atoms with Gasteiger partial charge in [0.2, 0.25) is 0 Å². The monoisotopic (exact) mass is 258 g/mol. The second kappa shape index (κ2) is 5.05. The van der Waals surface area contributed by atoms with E-state index in [4.69, 9.17) is 0 Å². The van der Waals surface area contributed by atoms with Crippen LogP contribution in [0.2, 0.25) is 0 Å². The summed E-state index contributed by atoms with van der Waals surface area (Å²) >= 11 is 0. The number of hydrogen-bond acceptors (Lipinski definition) is 4. The van der Waals surface area contributed by atoms with Gasteiger partial charge in [0.25, 0.3) is 0 Å². The molecule has 1 saturated heterocycles. The van der Waals surface area contributed by atoms with Crippen molar-refractivity contribution in [2.45, 2.75) is 37.8 Å². The van der Waals surface area contributed by atoms with Crippen LogP contribution in [0, 0.1) is 0 Å². The first-order valence-electron chi connectivity index (χ1n) is 6.81. The van der Waals surface area contributed by atoms with E-state index in [0.29, 0.717) is 11.4 Å². The molecule has 0 bridgehead atoms. The van der Waals surface area contributed by atoms with Gasteiger partial charge in [-0.05, 0) is 12.8 Å². The summed E-state index contributed by atoms with van der Waals surface area (Å²) in [6.07, 6.45) is 5.85. The number of hydrogen-bond donors (Lipinski definition) is 2. The van der Waals surface area contributed by atoms with Crippen molar-refractivity contribution in [3.05, 3.63) is 47.8 Å². The number of ketones is 1. The molecule has 1 heterocycles. The molecule has 1 aliphatic carbocycles. The maximum atomic E-state index is 12.1. The van der Waals surface area contributed by atoms with Crippen molar-refractivity contribution in [2.24, 2.45) is 0 Å². The van der Waals surface area contributed by atoms with E-state index in [-0.39, 0.29) is 17.9 Å². The second-order valence-electron chi connectivity index (χ2n) is 5.21. The summed E-state index contributed by atoms with van der Waals surface area (Å²) in [6.45, 7) is 0. The van der Waals surface area contributed by atoms with E-state index in [1.807, 2.05) is 18.2 Å². The van der Waals surface area contributed by atoms with Crippen LogP contribution in [0.4, 0.5) is 0 Å². The van der Waals surface area contributed by atoms with E-state index >= 15 is 0 Å². The summed E-state index contributed by atoms with van der Waals surface area (Å²) in [4.78, 5) is 12.1. The lowest BCUT2D eigenvalue weighted by Crippen LogP contribution is -2.37. The molecule has 2 fully saturated rings. The standard InChI is InChI=1S/C15H18N2O2/c18-14(11-6-2-1-3-7-11)10-15-16-12-8-4-5-9-13(12)17(15)19/h1-3,6-7,10,12-13,16,19H,4-5,8-9H2/t12-,13+/m1/s1. The lowest BCUT2D eigenvalue weighted by molar-refractivity contribution is -0.0841. The van der Waals surface area contributed by atoms with E-state index < -0.39 is 0 Å². The Morgan fingerprint density at radius 1 is 1.26 bits per heavy atom. The van der Waals surface area contributed by atoms with Crippen LogP contribution in [0.5, 0.6) is 0 Å². The molecule has 4 heteroatoms. The Bertz CT molecular complexity index is 498. The van der Waals surface area contributed by atoms with Gasteiger partial charge in [-0.25, -0.2) is 5.06 Å². The average molecular weight is 258 g/mol. The first kappa shape index (κ1) is 12.2. The van der Waals surface area contributed by atoms with Crippen LogP contribution < -0.4 is 5.32 Å². The molecule has 1 saturated carbocycles. The molecule has 0 aromatic heterocycles. The van der Waals surface area contributed by atoms with E-state index in [9.17, 15) is 10.0 Å². The van der Waals surface area contributed by atoms with Gasteiger partial charge in [0.05, 0.1) is 12.1 Å². The summed E-state index contributed by atoms with van der Waals surface area (Å²) in [7, 11) is 0. The van der Waals surface area contributed by atoms with Crippen LogP contribution >= 0.6 is 0 Å². The van der Waals surface area contributed by atoms with Gasteiger partial charge in [0.1, 0.15) is 5.82 Å². The van der Waals surface area contributed by atoms with Crippen LogP contribution in [0.3, 0.4) is 0 Å². The van der Waals surface area contributed by atoms with Crippen LogP contribution in [-0.2, 0) is 0 Å². The third kappa shape index (κ3) is 2.36. The fourth-order valence-electron chi connectivity index (χ4n) is 2.92. The predicted molar refractivity (Wildman–Crippen MR) is 71.7 cm³/mol. The molecule has 1 aliphatic heterocycles. The first-order valence-corrected chi connectivity index (χ1v) is 6.81. The van der Waals surface area contributed by atoms with Gasteiger partial charge in [0.15, 0.2) is 5.78 Å². The molecule has 0 radical (unpaired) electrons. The summed E-state index contributed by atoms with van der Waals surface area (Å²) in [5.41, 5.74) is 0.639. The number of rotatable bonds is 2. The minimum atomic E-state index is -0.0826. The van der Waals surface area contributed by atoms with Crippen molar-refractivity contribution in [1.29, 1.82) is 0 Å². The minimum absolute atomic E-state index is 0.0826. The number of benzene rings is 1. The lowest BCUT2D eigenvalue weighted by atomic mass is 9.92. The van der Waals surface area contributed by atoms with Crippen LogP contribution in [0.15, 0.2) is 42.2 Å². The third-order valence-electron chi connectivity index (χ3n) is 3.95. The summed E-state index contributed by atoms with van der Waals surface area (Å²) in [5.74, 6) is 0.451. The maximum absolute atomic E-state index is 12.1. The lowest BCUT2D eigenvalue weighted by Gasteiger charge is -2.26. The van der Waals surface area contributed by atoms with Crippen molar-refractivity contribution in [3.8, 4) is 0 Å². The van der Waals surface area contributed by atoms with Crippen molar-refractivity contribution in [1.82, 2.24) is 10.4 Å². The summed E-state index contributed by atoms with van der Waals surface area (Å²) in [6, 6.07) is 9.50. The Morgan fingerprint density at radius 2 is 2.00 bits per heavy atom. The zero-order chi connectivity index (χ0) is 13.2. The Balaban J connectivity index is 1.79. The average Bonchev–Trinajstić information content (AvgIpc) is 2.77. The maximum Gasteiger partial charge on any atom is 0.189 e. The molecule has 0 unspecified atom stereocenters. The topological polar surface area (TPSA) is 52.6 Å². The minimum Gasteiger partial charge on any atom is -0.365 e. The van der Waals surface area contributed by atoms with E-state index in [0.717, 1.165) is 19.3 Å². The number of fused-ring (bicyclic) bond motifs is 1. The molecular formula is C15H18N2O2. The molecule has 4 nitrogen and oxygen atoms in total. The highest BCUT2D eigenvalue weighted by atomic mass is 16.5. The number of nitrogens with one attached hydrogen (secondary N) is 1. The summed E-state index contributed by atoms with van der Waals surface area (Å²) in [5, 5.41) is 14.6. The van der Waals surface area contributed by atoms with E-state index in [2.05, 4.69) is 5.32 Å². The molecule has 2 N–H and O–H groups in total. The molecule has 2 atom stereocenters. The van der Waals surface area contributed by atoms with Crippen molar-refractivity contribution in [3.63, 3.8) is 0 Å². The highest BCUT2D eigenvalue weighted by Crippen LogP contribution is 2.29. The van der Waals surface area contributed by atoms with E-state index in [1.165, 1.54) is 17.6 Å². The Labute approximate surface area is 112 Å². The molecule has 19 heavy (non-hydrogen) atoms. The number of nitrogens with zero attached hydrogens (tertiary/aromatic N) is 1. The molecule has 0 spiro atoms. The quantitative estimate of drug-likeness (QED) is 0.631. The largest absolute Gasteiger partial charge is 0.365 e. The molecule has 3 rings (SSSR count). The second-order valence-corrected chi connectivity index (χ2v) is 5.21. The fourth-order valence-corrected chi connectivity index (χ4v) is 2.92. The van der Waals surface area contributed by atoms with Gasteiger partial charge in [-0.1, -0.05) is 43.2 Å². The van der Waals surface area contributed by atoms with Crippen LogP contribution in [0.25, 0.3) is 0 Å². The summed E-state index contributed by atoms with van der Waals surface area (Å²) < 4.78 is 0. The van der Waals surface area contributed by atoms with Crippen LogP contribution in [-0.4, -0.2) is 28.1 Å². The smallest absolute Gasteiger partial charge is 0.189 e. The SMILES string of the molecule is O=C(C=C1N[C@@H]2CCCC[C@@H]2N1O)c1ccccc1. The van der Waals surface area contributed by atoms with Gasteiger partial charge in [-0.3, -0.25) is 10.0 Å². The number of allylic oxidation sites excluding steroid dienone is 1. The zero-order valence-electron chi connectivity index (χ0n) is 10.7. The normalized spacial score (nSPS) is 28.1. The van der Waals surface area contributed by atoms with Gasteiger partial charge in [0, 0.05) is 11.6 Å². The Kier molecular flexibility index (Phi) is 3.25. The number of hydroxylamine groups is 2. The molecule has 0 amide bonds. The first-order chi connectivity index (χ1) is 9.25. The van der Waals surface area contributed by atoms with Crippen molar-refractivity contribution in [2.75, 3.05) is 0 Å². The molecule has 1 aromatic carbocycles. The van der Waals surface area contributed by atoms with Gasteiger partial charge >= 0.3 is 0 Å². The Hall–Kier alpha value is -1.81. The van der Waals surface area contributed by atoms with Gasteiger partial charge < -0.3 is 5.32 Å². The number of carbonyl (C=O) groups excluding carboxylic acids is 1. The van der Waals surface area contributed by atoms with Crippen molar-refractivity contribution < 1.29 is 10.0 Å². The van der Waals surface area contributed by atoms with Crippen LogP contribution in [0.1, 0.15) is 36.0 Å². The molecule has 100 valence electrons. The van der Waals surface area contributed by atoms with Gasteiger partial charge in [-0.15, -0.1) is 0 Å². The molecular weight excluding hydrogens is 240 g/mol. The molecule has 2 aliphatic rings. The Morgan fingerprint density at radius 3 is 2.74 bits per heavy atom. The third-order valence-corrected chi connectivity index (χ3v) is 3.95.